The highest BCUT2D eigenvalue weighted by Crippen LogP contribution is 2.40. The van der Waals surface area contributed by atoms with E-state index in [4.69, 9.17) is 87.3 Å². The van der Waals surface area contributed by atoms with Gasteiger partial charge in [0.05, 0.1) is 129 Å². The van der Waals surface area contributed by atoms with Crippen molar-refractivity contribution in [1.82, 2.24) is 34.5 Å². The van der Waals surface area contributed by atoms with Crippen LogP contribution in [0.1, 0.15) is 175 Å². The number of hydrogen-bond donors (Lipinski definition) is 5. The first-order chi connectivity index (χ1) is 62.2. The van der Waals surface area contributed by atoms with E-state index in [9.17, 15) is 44.1 Å². The van der Waals surface area contributed by atoms with Crippen molar-refractivity contribution in [1.29, 1.82) is 0 Å². The summed E-state index contributed by atoms with van der Waals surface area (Å²) in [5.74, 6) is -7.56. The molecule has 0 unspecified atom stereocenters. The van der Waals surface area contributed by atoms with Crippen LogP contribution in [0.2, 0.25) is 0 Å². The van der Waals surface area contributed by atoms with E-state index < -0.39 is 90.0 Å². The van der Waals surface area contributed by atoms with Crippen LogP contribution < -0.4 is 11.5 Å². The molecular formula is C96H143N9O24. The number of aliphatic hydroxyl groups excluding tert-OH is 2. The summed E-state index contributed by atoms with van der Waals surface area (Å²) in [7, 11) is 6.18. The molecule has 2 saturated heterocycles. The Hall–Kier alpha value is -8.36. The lowest BCUT2D eigenvalue weighted by molar-refractivity contribution is -0.265. The number of cyclic esters (lactones) is 1. The molecule has 16 atom stereocenters. The summed E-state index contributed by atoms with van der Waals surface area (Å²) in [6, 6.07) is 10.9. The summed E-state index contributed by atoms with van der Waals surface area (Å²) < 4.78 is 86.7. The normalized spacial score (nSPS) is 27.2. The smallest absolute Gasteiger partial charge is 0.329 e. The number of methoxy groups -OCH3 is 4. The molecule has 5 aliphatic rings. The number of nitrogen functional groups attached to an aromatic ring is 2. The summed E-state index contributed by atoms with van der Waals surface area (Å²) >= 11 is 0. The van der Waals surface area contributed by atoms with Gasteiger partial charge in [0.1, 0.15) is 53.8 Å². The molecule has 7 heterocycles. The molecule has 2 aromatic carbocycles. The topological polar surface area (TPSA) is 420 Å². The summed E-state index contributed by atoms with van der Waals surface area (Å²) in [5.41, 5.74) is 20.1. The lowest BCUT2D eigenvalue weighted by Gasteiger charge is -2.43. The maximum Gasteiger partial charge on any atom is 0.329 e. The van der Waals surface area contributed by atoms with Gasteiger partial charge < -0.3 is 107 Å². The van der Waals surface area contributed by atoms with E-state index in [0.29, 0.717) is 228 Å². The van der Waals surface area contributed by atoms with Crippen molar-refractivity contribution in [3.8, 4) is 11.3 Å². The Morgan fingerprint density at radius 1 is 0.698 bits per heavy atom. The second-order valence-corrected chi connectivity index (χ2v) is 34.8. The quantitative estimate of drug-likeness (QED) is 0.0107. The number of amides is 2. The van der Waals surface area contributed by atoms with E-state index in [0.717, 1.165) is 41.7 Å². The first-order valence-corrected chi connectivity index (χ1v) is 46.1. The van der Waals surface area contributed by atoms with Crippen LogP contribution in [0, 0.1) is 35.5 Å². The number of Topliss-reactive ketones (excluding diaryl/α,β-unsaturated/α-hetero) is 2. The number of anilines is 2. The minimum absolute atomic E-state index is 0.0101. The fourth-order valence-corrected chi connectivity index (χ4v) is 17.4. The van der Waals surface area contributed by atoms with Crippen LogP contribution >= 0.6 is 0 Å². The Bertz CT molecular complexity index is 4460. The number of allylic oxidation sites excluding steroid dienone is 5. The molecule has 33 heteroatoms. The number of nitrogens with two attached hydrogens (primary N) is 2. The third-order valence-electron chi connectivity index (χ3n) is 24.9. The molecule has 716 valence electrons. The number of piperidine rings is 1. The molecule has 7 N–H and O–H groups in total. The number of hydrogen-bond acceptors (Lipinski definition) is 30. The Labute approximate surface area is 759 Å². The first kappa shape index (κ1) is 104. The van der Waals surface area contributed by atoms with E-state index in [1.807, 2.05) is 85.9 Å². The van der Waals surface area contributed by atoms with Crippen molar-refractivity contribution in [3.63, 3.8) is 0 Å². The second-order valence-electron chi connectivity index (χ2n) is 34.8. The number of fused-ring (bicyclic) bond motifs is 6. The number of ketones is 2. The fraction of sp³-hybridized carbons (Fsp3) is 0.667. The fourth-order valence-electron chi connectivity index (χ4n) is 17.4. The van der Waals surface area contributed by atoms with Crippen LogP contribution in [0.15, 0.2) is 94.7 Å². The molecule has 129 heavy (non-hydrogen) atoms. The van der Waals surface area contributed by atoms with Crippen LogP contribution in [-0.2, 0) is 115 Å². The molecule has 10 rings (SSSR count). The maximum absolute atomic E-state index is 14.7. The molecule has 2 amide bonds. The maximum atomic E-state index is 14.7. The van der Waals surface area contributed by atoms with Gasteiger partial charge in [-0.1, -0.05) is 96.2 Å². The van der Waals surface area contributed by atoms with Crippen LogP contribution in [-0.4, -0.2) is 286 Å². The van der Waals surface area contributed by atoms with Gasteiger partial charge in [-0.2, -0.15) is 10.1 Å². The minimum atomic E-state index is -2.45. The van der Waals surface area contributed by atoms with Gasteiger partial charge in [-0.15, -0.1) is 0 Å². The molecule has 5 aromatic rings. The lowest BCUT2D eigenvalue weighted by Crippen LogP contribution is -2.61. The van der Waals surface area contributed by atoms with Crippen LogP contribution in [0.3, 0.4) is 0 Å². The van der Waals surface area contributed by atoms with Crippen molar-refractivity contribution in [3.05, 3.63) is 107 Å². The molecule has 0 radical (unpaired) electrons. The number of aliphatic hydroxyl groups is 3. The number of esters is 2. The number of carbonyl (C=O) groups is 6. The van der Waals surface area contributed by atoms with Crippen molar-refractivity contribution in [2.24, 2.45) is 35.5 Å². The summed E-state index contributed by atoms with van der Waals surface area (Å²) in [6.45, 7) is 24.1. The van der Waals surface area contributed by atoms with Gasteiger partial charge in [0, 0.05) is 104 Å². The number of carbonyl (C=O) groups excluding carboxylic acids is 6. The lowest BCUT2D eigenvalue weighted by atomic mass is 9.78. The Morgan fingerprint density at radius 2 is 1.40 bits per heavy atom. The van der Waals surface area contributed by atoms with Gasteiger partial charge in [0.15, 0.2) is 17.0 Å². The number of ether oxygens (including phenoxy) is 14. The van der Waals surface area contributed by atoms with E-state index in [1.54, 1.807) is 48.2 Å². The highest BCUT2D eigenvalue weighted by atomic mass is 16.6. The van der Waals surface area contributed by atoms with E-state index in [1.165, 1.54) is 23.9 Å². The molecule has 3 aromatic heterocycles. The van der Waals surface area contributed by atoms with Gasteiger partial charge in [0.25, 0.3) is 17.7 Å². The monoisotopic (exact) mass is 1810 g/mol. The molecule has 0 spiro atoms. The highest BCUT2D eigenvalue weighted by molar-refractivity contribution is 6.39. The van der Waals surface area contributed by atoms with Crippen LogP contribution in [0.4, 0.5) is 11.8 Å². The van der Waals surface area contributed by atoms with Crippen molar-refractivity contribution >= 4 is 69.3 Å². The van der Waals surface area contributed by atoms with Crippen LogP contribution in [0.5, 0.6) is 0 Å². The van der Waals surface area contributed by atoms with E-state index in [-0.39, 0.29) is 73.3 Å². The van der Waals surface area contributed by atoms with Gasteiger partial charge in [0.2, 0.25) is 11.7 Å². The number of rotatable bonds is 37. The Balaban J connectivity index is 0.000000329. The van der Waals surface area contributed by atoms with Crippen molar-refractivity contribution in [2.75, 3.05) is 152 Å². The SMILES string of the molecule is CCCOCCOCCOCCOCCC(=O)N1CCc2cc(Cn3nc(-c4ccc5oc(N)nc5c4)c4c(N)ncnc43)ccc2C1.COCCOCCOCCOCCCC(=O)O[C@@H]1CC[C@@H](C[C@@H](C)[C@@H]2C[C@@H](O)[C@H](C)/C=C(\C)[C@@H](O)[C@@H](OC)C(=O)[C@H](C)C[C@H](C)/C=C/C=C/C=C(\C)[C@@H](OC)C[C@@H]3CC[C@@H](C)[C@@](O)(O3)C(=O)C(=O)N3CCCC[C@H]3C(=O)O2)C[C@H]1OC. The summed E-state index contributed by atoms with van der Waals surface area (Å²) in [5, 5.41) is 41.2. The van der Waals surface area contributed by atoms with Gasteiger partial charge in [-0.05, 0) is 161 Å². The van der Waals surface area contributed by atoms with Crippen molar-refractivity contribution in [2.45, 2.75) is 238 Å². The number of benzene rings is 2. The number of aromatic nitrogens is 5. The third-order valence-corrected chi connectivity index (χ3v) is 24.9. The molecule has 1 saturated carbocycles. The van der Waals surface area contributed by atoms with Gasteiger partial charge >= 0.3 is 11.9 Å². The summed E-state index contributed by atoms with van der Waals surface area (Å²) in [6.07, 6.45) is 14.5. The molecule has 3 fully saturated rings. The van der Waals surface area contributed by atoms with E-state index >= 15 is 0 Å². The standard InChI is InChI=1S/C62H101NO18.C34H42N8O6/c1-40-18-13-12-14-19-41(2)52(73-9)38-48-24-22-46(7)62(71,81-48)59(68)60(69)63-26-16-15-20-49(63)61(70)80-53(39-50(64)42(3)35-45(6)57(67)58(75-11)56(66)44(5)34-40)43(4)36-47-23-25-51(54(37-47)74-10)79-55(65)21-17-27-76-30-31-78-33-32-77-29-28-72-8;1-2-10-44-12-14-46-16-17-47-15-13-45-11-8-29(43)41-9-7-24-18-23(3-4-26(24)21-41)20-42-33-30(32(35)37-22-38-33)31(40-42)25-5-6-28-27(19-25)39-34(36)48-28/h12-14,18-19,35,40,42-44,46-54,57-58,64,67,71H,15-17,20-34,36-39H2,1-11H3;3-6,18-19,22H,2,7-17,20-21H2,1H3,(H2,36,39)(H2,35,37,38)/b14-12+,18-13+,41-19+,45-35+;/t40-,42-,43-,44-,46-,47+,48+,49+,50-,51-,52+,53+,54-,57-,58+,62-;/m1./s1. The predicted molar refractivity (Wildman–Crippen MR) is 484 cm³/mol. The van der Waals surface area contributed by atoms with Gasteiger partial charge in [-0.3, -0.25) is 24.0 Å². The average Bonchev–Trinajstić information content (AvgIpc) is 1.44. The zero-order chi connectivity index (χ0) is 92.9. The molecule has 1 aliphatic carbocycles. The number of nitrogens with zero attached hydrogens (tertiary/aromatic N) is 7. The largest absolute Gasteiger partial charge is 0.460 e. The third kappa shape index (κ3) is 31.4. The molecule has 2 bridgehead atoms. The van der Waals surface area contributed by atoms with Gasteiger partial charge in [-0.25, -0.2) is 19.4 Å². The average molecular weight is 1810 g/mol. The Morgan fingerprint density at radius 3 is 2.09 bits per heavy atom. The molecular weight excluding hydrogens is 1660 g/mol. The zero-order valence-corrected chi connectivity index (χ0v) is 77.8. The molecule has 33 nitrogen and oxygen atoms in total. The first-order valence-electron chi connectivity index (χ1n) is 46.1. The Kier molecular flexibility index (Phi) is 43.7. The number of oxazole rings is 1. The second kappa shape index (κ2) is 54.0. The van der Waals surface area contributed by atoms with Crippen molar-refractivity contribution < 1.29 is 115 Å². The minimum Gasteiger partial charge on any atom is -0.460 e. The summed E-state index contributed by atoms with van der Waals surface area (Å²) in [4.78, 5) is 99.3. The molecule has 4 aliphatic heterocycles. The zero-order valence-electron chi connectivity index (χ0n) is 77.8. The highest BCUT2D eigenvalue weighted by Gasteiger charge is 2.53. The predicted octanol–water partition coefficient (Wildman–Crippen LogP) is 10.6. The van der Waals surface area contributed by atoms with Crippen LogP contribution in [0.25, 0.3) is 33.4 Å². The van der Waals surface area contributed by atoms with E-state index in [2.05, 4.69) is 40.1 Å².